The number of amides is 1. The number of aromatic nitrogens is 2. The third-order valence-electron chi connectivity index (χ3n) is 3.82. The number of carbonyl (C=O) groups is 1. The SMILES string of the molecule is Cc1nn(C)c(C(=O)NCc2ccc(C(C)(C)C)cc2)c1C#N. The lowest BCUT2D eigenvalue weighted by molar-refractivity contribution is 0.0941. The zero-order valence-corrected chi connectivity index (χ0v) is 14.3. The molecule has 0 unspecified atom stereocenters. The molecule has 1 heterocycles. The van der Waals surface area contributed by atoms with E-state index in [0.29, 0.717) is 23.5 Å². The molecule has 1 N–H and O–H groups in total. The minimum atomic E-state index is -0.287. The number of nitrogens with one attached hydrogen (secondary N) is 1. The molecule has 0 saturated carbocycles. The Kier molecular flexibility index (Phi) is 4.55. The molecule has 2 rings (SSSR count). The minimum Gasteiger partial charge on any atom is -0.347 e. The summed E-state index contributed by atoms with van der Waals surface area (Å²) in [6.45, 7) is 8.63. The summed E-state index contributed by atoms with van der Waals surface area (Å²) in [5.41, 5.74) is 3.57. The second kappa shape index (κ2) is 6.25. The summed E-state index contributed by atoms with van der Waals surface area (Å²) in [6, 6.07) is 10.2. The molecule has 0 radical (unpaired) electrons. The molecule has 0 bridgehead atoms. The van der Waals surface area contributed by atoms with E-state index in [1.54, 1.807) is 14.0 Å². The summed E-state index contributed by atoms with van der Waals surface area (Å²) in [5.74, 6) is -0.287. The molecule has 120 valence electrons. The molecule has 1 aromatic carbocycles. The molecule has 0 aliphatic rings. The number of nitrogens with zero attached hydrogens (tertiary/aromatic N) is 3. The number of hydrogen-bond acceptors (Lipinski definition) is 3. The fourth-order valence-corrected chi connectivity index (χ4v) is 2.44. The van der Waals surface area contributed by atoms with Crippen LogP contribution in [0.2, 0.25) is 0 Å². The Bertz CT molecular complexity index is 758. The maximum absolute atomic E-state index is 12.3. The van der Waals surface area contributed by atoms with Crippen molar-refractivity contribution in [3.8, 4) is 6.07 Å². The van der Waals surface area contributed by atoms with E-state index in [0.717, 1.165) is 5.56 Å². The minimum absolute atomic E-state index is 0.107. The Balaban J connectivity index is 2.10. The highest BCUT2D eigenvalue weighted by Gasteiger charge is 2.19. The first-order chi connectivity index (χ1) is 10.7. The highest BCUT2D eigenvalue weighted by molar-refractivity contribution is 5.95. The molecule has 0 atom stereocenters. The van der Waals surface area contributed by atoms with E-state index in [2.05, 4.69) is 43.3 Å². The summed E-state index contributed by atoms with van der Waals surface area (Å²) in [5, 5.41) is 16.2. The highest BCUT2D eigenvalue weighted by atomic mass is 16.2. The van der Waals surface area contributed by atoms with Gasteiger partial charge in [0.15, 0.2) is 0 Å². The molecule has 1 amide bonds. The predicted molar refractivity (Wildman–Crippen MR) is 89.0 cm³/mol. The largest absolute Gasteiger partial charge is 0.347 e. The van der Waals surface area contributed by atoms with Crippen LogP contribution in [-0.4, -0.2) is 15.7 Å². The van der Waals surface area contributed by atoms with Crippen molar-refractivity contribution in [2.75, 3.05) is 0 Å². The van der Waals surface area contributed by atoms with Crippen molar-refractivity contribution < 1.29 is 4.79 Å². The lowest BCUT2D eigenvalue weighted by Crippen LogP contribution is -2.26. The summed E-state index contributed by atoms with van der Waals surface area (Å²) >= 11 is 0. The number of aryl methyl sites for hydroxylation is 2. The van der Waals surface area contributed by atoms with E-state index in [9.17, 15) is 10.1 Å². The number of benzene rings is 1. The van der Waals surface area contributed by atoms with Crippen LogP contribution in [0.25, 0.3) is 0 Å². The van der Waals surface area contributed by atoms with Crippen LogP contribution in [0.15, 0.2) is 24.3 Å². The van der Waals surface area contributed by atoms with Crippen LogP contribution in [0.4, 0.5) is 0 Å². The summed E-state index contributed by atoms with van der Waals surface area (Å²) in [7, 11) is 1.67. The van der Waals surface area contributed by atoms with Crippen molar-refractivity contribution >= 4 is 5.91 Å². The average molecular weight is 310 g/mol. The Morgan fingerprint density at radius 2 is 1.91 bits per heavy atom. The van der Waals surface area contributed by atoms with Crippen LogP contribution >= 0.6 is 0 Å². The Morgan fingerprint density at radius 3 is 2.43 bits per heavy atom. The predicted octanol–water partition coefficient (Wildman–Crippen LogP) is 2.83. The molecule has 0 saturated heterocycles. The van der Waals surface area contributed by atoms with Crippen molar-refractivity contribution in [3.63, 3.8) is 0 Å². The van der Waals surface area contributed by atoms with Crippen molar-refractivity contribution in [2.45, 2.75) is 39.7 Å². The van der Waals surface area contributed by atoms with E-state index in [1.165, 1.54) is 10.2 Å². The third kappa shape index (κ3) is 3.59. The van der Waals surface area contributed by atoms with Crippen LogP contribution in [-0.2, 0) is 19.0 Å². The van der Waals surface area contributed by atoms with Crippen LogP contribution in [0.1, 0.15) is 53.6 Å². The monoisotopic (exact) mass is 310 g/mol. The fourth-order valence-electron chi connectivity index (χ4n) is 2.44. The van der Waals surface area contributed by atoms with Crippen molar-refractivity contribution in [2.24, 2.45) is 7.05 Å². The average Bonchev–Trinajstić information content (AvgIpc) is 2.78. The zero-order valence-electron chi connectivity index (χ0n) is 14.3. The van der Waals surface area contributed by atoms with Crippen LogP contribution in [0.5, 0.6) is 0 Å². The topological polar surface area (TPSA) is 70.7 Å². The lowest BCUT2D eigenvalue weighted by atomic mass is 9.87. The number of nitriles is 1. The summed E-state index contributed by atoms with van der Waals surface area (Å²) < 4.78 is 1.45. The zero-order chi connectivity index (χ0) is 17.2. The second-order valence-corrected chi connectivity index (χ2v) is 6.67. The Labute approximate surface area is 136 Å². The van der Waals surface area contributed by atoms with Crippen LogP contribution < -0.4 is 5.32 Å². The first kappa shape index (κ1) is 16.8. The van der Waals surface area contributed by atoms with E-state index < -0.39 is 0 Å². The van der Waals surface area contributed by atoms with Crippen LogP contribution in [0.3, 0.4) is 0 Å². The van der Waals surface area contributed by atoms with Crippen LogP contribution in [0, 0.1) is 18.3 Å². The first-order valence-electron chi connectivity index (χ1n) is 7.55. The van der Waals surface area contributed by atoms with E-state index in [1.807, 2.05) is 18.2 Å². The quantitative estimate of drug-likeness (QED) is 0.947. The molecule has 2 aromatic rings. The molecule has 5 heteroatoms. The normalized spacial score (nSPS) is 11.1. The molecule has 5 nitrogen and oxygen atoms in total. The van der Waals surface area contributed by atoms with Gasteiger partial charge in [0.2, 0.25) is 0 Å². The van der Waals surface area contributed by atoms with Gasteiger partial charge in [-0.2, -0.15) is 10.4 Å². The number of hydrogen-bond donors (Lipinski definition) is 1. The van der Waals surface area contributed by atoms with Gasteiger partial charge in [0.05, 0.1) is 5.69 Å². The Hall–Kier alpha value is -2.61. The maximum Gasteiger partial charge on any atom is 0.271 e. The third-order valence-corrected chi connectivity index (χ3v) is 3.82. The highest BCUT2D eigenvalue weighted by Crippen LogP contribution is 2.22. The van der Waals surface area contributed by atoms with E-state index in [4.69, 9.17) is 0 Å². The van der Waals surface area contributed by atoms with Gasteiger partial charge in [0, 0.05) is 13.6 Å². The molecule has 0 aliphatic heterocycles. The molecule has 0 fully saturated rings. The van der Waals surface area contributed by atoms with Crippen molar-refractivity contribution in [1.29, 1.82) is 5.26 Å². The molecular formula is C18H22N4O. The summed E-state index contributed by atoms with van der Waals surface area (Å²) in [6.07, 6.45) is 0. The molecule has 0 spiro atoms. The Morgan fingerprint density at radius 1 is 1.30 bits per heavy atom. The van der Waals surface area contributed by atoms with Gasteiger partial charge in [-0.25, -0.2) is 0 Å². The molecule has 0 aliphatic carbocycles. The smallest absolute Gasteiger partial charge is 0.271 e. The molecule has 23 heavy (non-hydrogen) atoms. The van der Waals surface area contributed by atoms with E-state index in [-0.39, 0.29) is 11.3 Å². The second-order valence-electron chi connectivity index (χ2n) is 6.67. The van der Waals surface area contributed by atoms with Crippen molar-refractivity contribution in [3.05, 3.63) is 52.3 Å². The van der Waals surface area contributed by atoms with Gasteiger partial charge in [0.1, 0.15) is 17.3 Å². The fraction of sp³-hybridized carbons (Fsp3) is 0.389. The molecule has 1 aromatic heterocycles. The van der Waals surface area contributed by atoms with Gasteiger partial charge >= 0.3 is 0 Å². The van der Waals surface area contributed by atoms with E-state index >= 15 is 0 Å². The first-order valence-corrected chi connectivity index (χ1v) is 7.55. The van der Waals surface area contributed by atoms with Gasteiger partial charge < -0.3 is 5.32 Å². The van der Waals surface area contributed by atoms with Gasteiger partial charge in [-0.1, -0.05) is 45.0 Å². The standard InChI is InChI=1S/C18H22N4O/c1-12-15(10-19)16(22(5)21-12)17(23)20-11-13-6-8-14(9-7-13)18(2,3)4/h6-9H,11H2,1-5H3,(H,20,23). The molecular weight excluding hydrogens is 288 g/mol. The lowest BCUT2D eigenvalue weighted by Gasteiger charge is -2.19. The van der Waals surface area contributed by atoms with Gasteiger partial charge in [-0.3, -0.25) is 9.48 Å². The van der Waals surface area contributed by atoms with Gasteiger partial charge in [-0.05, 0) is 23.5 Å². The number of rotatable bonds is 3. The summed E-state index contributed by atoms with van der Waals surface area (Å²) in [4.78, 5) is 12.3. The maximum atomic E-state index is 12.3. The van der Waals surface area contributed by atoms with Crippen molar-refractivity contribution in [1.82, 2.24) is 15.1 Å². The van der Waals surface area contributed by atoms with Gasteiger partial charge in [-0.15, -0.1) is 0 Å². The number of carbonyl (C=O) groups excluding carboxylic acids is 1. The van der Waals surface area contributed by atoms with Gasteiger partial charge in [0.25, 0.3) is 5.91 Å².